The first-order valence-electron chi connectivity index (χ1n) is 7.77. The highest BCUT2D eigenvalue weighted by molar-refractivity contribution is 5.93. The number of ketones is 1. The van der Waals surface area contributed by atoms with Gasteiger partial charge in [0.1, 0.15) is 11.9 Å². The fraction of sp³-hybridized carbons (Fsp3) is 0.263. The quantitative estimate of drug-likeness (QED) is 0.640. The molecular weight excluding hydrogens is 304 g/mol. The largest absolute Gasteiger partial charge is 0.307 e. The maximum Gasteiger partial charge on any atom is 0.307 e. The van der Waals surface area contributed by atoms with Gasteiger partial charge in [0.2, 0.25) is 0 Å². The fourth-order valence-corrected chi connectivity index (χ4v) is 3.42. The van der Waals surface area contributed by atoms with Crippen LogP contribution in [-0.4, -0.2) is 16.2 Å². The average Bonchev–Trinajstić information content (AvgIpc) is 2.63. The summed E-state index contributed by atoms with van der Waals surface area (Å²) < 4.78 is 0. The van der Waals surface area contributed by atoms with Gasteiger partial charge < -0.3 is 0 Å². The van der Waals surface area contributed by atoms with Gasteiger partial charge in [-0.15, -0.1) is 0 Å². The van der Waals surface area contributed by atoms with E-state index in [1.165, 1.54) is 0 Å². The number of carbonyl (C=O) groups is 1. The molecule has 0 bridgehead atoms. The second-order valence-electron chi connectivity index (χ2n) is 6.14. The van der Waals surface area contributed by atoms with Gasteiger partial charge in [0.25, 0.3) is 0 Å². The lowest BCUT2D eigenvalue weighted by Gasteiger charge is -2.34. The molecule has 0 radical (unpaired) electrons. The van der Waals surface area contributed by atoms with E-state index in [0.717, 1.165) is 11.1 Å². The molecule has 1 aliphatic rings. The van der Waals surface area contributed by atoms with E-state index in [-0.39, 0.29) is 18.6 Å². The molecule has 0 saturated heterocycles. The number of benzene rings is 2. The summed E-state index contributed by atoms with van der Waals surface area (Å²) in [7, 11) is 0. The zero-order valence-corrected chi connectivity index (χ0v) is 13.0. The molecule has 3 rings (SSSR count). The van der Waals surface area contributed by atoms with Crippen molar-refractivity contribution in [2.24, 2.45) is 0 Å². The number of nitriles is 1. The van der Waals surface area contributed by atoms with Crippen LogP contribution in [0.25, 0.3) is 0 Å². The Labute approximate surface area is 139 Å². The van der Waals surface area contributed by atoms with Crippen molar-refractivity contribution in [3.63, 3.8) is 0 Å². The summed E-state index contributed by atoms with van der Waals surface area (Å²) in [4.78, 5) is 24.1. The van der Waals surface area contributed by atoms with E-state index in [1.54, 1.807) is 48.5 Å². The first kappa shape index (κ1) is 15.9. The minimum absolute atomic E-state index is 0.0554. The van der Waals surface area contributed by atoms with E-state index in [4.69, 9.17) is 0 Å². The molecule has 0 aromatic heterocycles. The molecule has 0 aliphatic heterocycles. The van der Waals surface area contributed by atoms with Gasteiger partial charge in [0.05, 0.1) is 11.8 Å². The Morgan fingerprint density at radius 2 is 1.38 bits per heavy atom. The van der Waals surface area contributed by atoms with Crippen molar-refractivity contribution in [1.29, 1.82) is 5.26 Å². The molecule has 1 aliphatic carbocycles. The summed E-state index contributed by atoms with van der Waals surface area (Å²) in [5.41, 5.74) is -0.288. The van der Waals surface area contributed by atoms with Gasteiger partial charge in [-0.3, -0.25) is 14.9 Å². The smallest absolute Gasteiger partial charge is 0.298 e. The van der Waals surface area contributed by atoms with E-state index in [1.807, 2.05) is 18.2 Å². The van der Waals surface area contributed by atoms with Crippen molar-refractivity contribution in [1.82, 2.24) is 0 Å². The van der Waals surface area contributed by atoms with Crippen molar-refractivity contribution >= 4 is 5.78 Å². The maximum absolute atomic E-state index is 13.0. The number of Topliss-reactive ketones (excluding diaryl/α,β-unsaturated/α-hetero) is 1. The summed E-state index contributed by atoms with van der Waals surface area (Å²) in [6.45, 7) is 0. The highest BCUT2D eigenvalue weighted by atomic mass is 16.6. The SMILES string of the molecule is N#CC1([N+](=O)[O-])C[C@@H](c2ccccc2)C(=O)[C@@H](c2ccccc2)C1. The van der Waals surface area contributed by atoms with Gasteiger partial charge in [0, 0.05) is 17.8 Å². The minimum Gasteiger partial charge on any atom is -0.298 e. The number of rotatable bonds is 3. The van der Waals surface area contributed by atoms with Crippen molar-refractivity contribution < 1.29 is 9.72 Å². The normalized spacial score (nSPS) is 26.5. The Hall–Kier alpha value is -3.00. The molecule has 3 atom stereocenters. The second-order valence-corrected chi connectivity index (χ2v) is 6.14. The lowest BCUT2D eigenvalue weighted by Crippen LogP contribution is -2.47. The Kier molecular flexibility index (Phi) is 4.13. The number of nitro groups is 1. The minimum atomic E-state index is -1.74. The zero-order chi connectivity index (χ0) is 17.2. The molecule has 0 N–H and O–H groups in total. The zero-order valence-electron chi connectivity index (χ0n) is 13.0. The molecule has 1 fully saturated rings. The van der Waals surface area contributed by atoms with E-state index >= 15 is 0 Å². The van der Waals surface area contributed by atoms with Crippen molar-refractivity contribution in [2.75, 3.05) is 0 Å². The summed E-state index contributed by atoms with van der Waals surface area (Å²) in [6.07, 6.45) is -0.161. The van der Waals surface area contributed by atoms with Crippen LogP contribution in [0, 0.1) is 21.4 Å². The van der Waals surface area contributed by atoms with Crippen molar-refractivity contribution in [3.05, 3.63) is 81.9 Å². The predicted octanol–water partition coefficient (Wildman–Crippen LogP) is 3.46. The molecule has 2 aromatic rings. The second kappa shape index (κ2) is 6.25. The van der Waals surface area contributed by atoms with Crippen molar-refractivity contribution in [3.8, 4) is 6.07 Å². The number of carbonyl (C=O) groups excluding carboxylic acids is 1. The standard InChI is InChI=1S/C19H16N2O3/c20-13-19(21(23)24)11-16(14-7-3-1-4-8-14)18(22)17(12-19)15-9-5-2-6-10-15/h1-10,16-17H,11-12H2/t16-,17+,19?. The molecular formula is C19H16N2O3. The molecule has 5 heteroatoms. The number of hydrogen-bond donors (Lipinski definition) is 0. The summed E-state index contributed by atoms with van der Waals surface area (Å²) >= 11 is 0. The third-order valence-electron chi connectivity index (χ3n) is 4.73. The van der Waals surface area contributed by atoms with Crippen LogP contribution in [0.15, 0.2) is 60.7 Å². The first-order chi connectivity index (χ1) is 11.6. The van der Waals surface area contributed by atoms with Gasteiger partial charge in [-0.25, -0.2) is 0 Å². The Bertz CT molecular complexity index is 745. The number of nitrogens with zero attached hydrogens (tertiary/aromatic N) is 2. The summed E-state index contributed by atoms with van der Waals surface area (Å²) in [6, 6.07) is 19.9. The van der Waals surface area contributed by atoms with Gasteiger partial charge in [-0.2, -0.15) is 5.26 Å². The molecule has 1 saturated carbocycles. The van der Waals surface area contributed by atoms with Gasteiger partial charge in [0.15, 0.2) is 0 Å². The first-order valence-corrected chi connectivity index (χ1v) is 7.77. The molecule has 1 unspecified atom stereocenters. The summed E-state index contributed by atoms with van der Waals surface area (Å²) in [5, 5.41) is 21.2. The molecule has 0 heterocycles. The Balaban J connectivity index is 2.09. The Morgan fingerprint density at radius 3 is 1.71 bits per heavy atom. The number of hydrogen-bond acceptors (Lipinski definition) is 4. The maximum atomic E-state index is 13.0. The van der Waals surface area contributed by atoms with Crippen LogP contribution in [0.3, 0.4) is 0 Å². The molecule has 24 heavy (non-hydrogen) atoms. The third-order valence-corrected chi connectivity index (χ3v) is 4.73. The van der Waals surface area contributed by atoms with E-state index < -0.39 is 22.3 Å². The summed E-state index contributed by atoms with van der Waals surface area (Å²) in [5.74, 6) is -1.34. The molecule has 120 valence electrons. The fourth-order valence-electron chi connectivity index (χ4n) is 3.42. The van der Waals surface area contributed by atoms with Crippen LogP contribution in [-0.2, 0) is 4.79 Å². The van der Waals surface area contributed by atoms with Crippen LogP contribution in [0.2, 0.25) is 0 Å². The van der Waals surface area contributed by atoms with Crippen molar-refractivity contribution in [2.45, 2.75) is 30.2 Å². The Morgan fingerprint density at radius 1 is 0.958 bits per heavy atom. The van der Waals surface area contributed by atoms with Crippen LogP contribution in [0.4, 0.5) is 0 Å². The molecule has 0 amide bonds. The topological polar surface area (TPSA) is 84.0 Å². The van der Waals surface area contributed by atoms with E-state index in [9.17, 15) is 20.2 Å². The van der Waals surface area contributed by atoms with Crippen LogP contribution in [0.5, 0.6) is 0 Å². The van der Waals surface area contributed by atoms with Crippen LogP contribution < -0.4 is 0 Å². The van der Waals surface area contributed by atoms with Gasteiger partial charge in [-0.05, 0) is 11.1 Å². The lowest BCUT2D eigenvalue weighted by atomic mass is 9.66. The third kappa shape index (κ3) is 2.67. The van der Waals surface area contributed by atoms with E-state index in [2.05, 4.69) is 0 Å². The molecule has 2 aromatic carbocycles. The van der Waals surface area contributed by atoms with Gasteiger partial charge >= 0.3 is 5.54 Å². The highest BCUT2D eigenvalue weighted by Crippen LogP contribution is 2.44. The van der Waals surface area contributed by atoms with E-state index in [0.29, 0.717) is 0 Å². The lowest BCUT2D eigenvalue weighted by molar-refractivity contribution is -0.556. The predicted molar refractivity (Wildman–Crippen MR) is 87.9 cm³/mol. The monoisotopic (exact) mass is 320 g/mol. The average molecular weight is 320 g/mol. The molecule has 5 nitrogen and oxygen atoms in total. The van der Waals surface area contributed by atoms with Gasteiger partial charge in [-0.1, -0.05) is 60.7 Å². The highest BCUT2D eigenvalue weighted by Gasteiger charge is 2.55. The molecule has 0 spiro atoms. The van der Waals surface area contributed by atoms with Crippen LogP contribution in [0.1, 0.15) is 35.8 Å². The van der Waals surface area contributed by atoms with Crippen LogP contribution >= 0.6 is 0 Å².